The number of rotatable bonds is 9. The molecule has 0 bridgehead atoms. The van der Waals surface area contributed by atoms with Gasteiger partial charge in [0.15, 0.2) is 5.82 Å². The van der Waals surface area contributed by atoms with Crippen molar-refractivity contribution in [2.75, 3.05) is 29.4 Å². The van der Waals surface area contributed by atoms with E-state index in [4.69, 9.17) is 5.73 Å². The Kier molecular flexibility index (Phi) is 6.91. The number of aromatic nitrogens is 2. The number of likely N-dealkylation sites (tertiary alicyclic amines) is 1. The lowest BCUT2D eigenvalue weighted by Crippen LogP contribution is -2.46. The van der Waals surface area contributed by atoms with E-state index in [2.05, 4.69) is 38.2 Å². The van der Waals surface area contributed by atoms with Gasteiger partial charge in [-0.05, 0) is 37.3 Å². The number of nitriles is 1. The molecule has 10 heteroatoms. The van der Waals surface area contributed by atoms with Gasteiger partial charge < -0.3 is 15.8 Å². The van der Waals surface area contributed by atoms with Crippen molar-refractivity contribution in [1.82, 2.24) is 14.7 Å². The van der Waals surface area contributed by atoms with Gasteiger partial charge in [-0.2, -0.15) is 10.4 Å². The molecule has 0 unspecified atom stereocenters. The summed E-state index contributed by atoms with van der Waals surface area (Å²) in [6.45, 7) is 2.37. The lowest BCUT2D eigenvalue weighted by molar-refractivity contribution is -0.117. The number of hydrogen-bond donors (Lipinski definition) is 3. The van der Waals surface area contributed by atoms with E-state index >= 15 is 0 Å². The van der Waals surface area contributed by atoms with Gasteiger partial charge in [-0.3, -0.25) is 19.2 Å². The number of hydrogen-bond acceptors (Lipinski definition) is 7. The molecule has 0 atom stereocenters. The molecule has 0 spiro atoms. The largest absolute Gasteiger partial charge is 0.365 e. The van der Waals surface area contributed by atoms with E-state index < -0.39 is 11.4 Å². The maximum Gasteiger partial charge on any atom is 0.254 e. The lowest BCUT2D eigenvalue weighted by atomic mass is 9.84. The third kappa shape index (κ3) is 5.15. The minimum atomic E-state index is -0.644. The SMILES string of the molecule is CSNc1ccccc1CN1CCC(CC#N)(n2cc(C(N)=O)c(NC(=O)C3CC3)n2)CC1. The van der Waals surface area contributed by atoms with Gasteiger partial charge in [0, 0.05) is 43.7 Å². The Morgan fingerprint density at radius 3 is 2.67 bits per heavy atom. The first-order valence-corrected chi connectivity index (χ1v) is 12.4. The Balaban J connectivity index is 1.51. The normalized spacial score (nSPS) is 17.8. The highest BCUT2D eigenvalue weighted by atomic mass is 32.2. The zero-order valence-electron chi connectivity index (χ0n) is 18.7. The van der Waals surface area contributed by atoms with Crippen molar-refractivity contribution in [1.29, 1.82) is 5.26 Å². The number of amides is 2. The van der Waals surface area contributed by atoms with Crippen molar-refractivity contribution in [3.63, 3.8) is 0 Å². The molecule has 1 saturated heterocycles. The van der Waals surface area contributed by atoms with E-state index in [9.17, 15) is 14.9 Å². The molecule has 2 aliphatic rings. The van der Waals surface area contributed by atoms with E-state index in [1.54, 1.807) is 22.8 Å². The maximum atomic E-state index is 12.3. The number of carbonyl (C=O) groups excluding carboxylic acids is 2. The molecule has 1 aliphatic carbocycles. The number of benzene rings is 1. The number of anilines is 2. The maximum absolute atomic E-state index is 12.3. The minimum Gasteiger partial charge on any atom is -0.365 e. The van der Waals surface area contributed by atoms with Gasteiger partial charge in [-0.1, -0.05) is 30.1 Å². The molecule has 1 aromatic carbocycles. The molecule has 4 N–H and O–H groups in total. The highest BCUT2D eigenvalue weighted by Gasteiger charge is 2.39. The summed E-state index contributed by atoms with van der Waals surface area (Å²) in [5.74, 6) is -0.605. The number of para-hydroxylation sites is 1. The highest BCUT2D eigenvalue weighted by molar-refractivity contribution is 7.99. The molecule has 2 aromatic rings. The highest BCUT2D eigenvalue weighted by Crippen LogP contribution is 2.36. The summed E-state index contributed by atoms with van der Waals surface area (Å²) in [6.07, 6.45) is 6.96. The molecular weight excluding hydrogens is 438 g/mol. The molecule has 2 heterocycles. The van der Waals surface area contributed by atoms with Crippen molar-refractivity contribution in [3.8, 4) is 6.07 Å². The second-order valence-electron chi connectivity index (χ2n) is 8.76. The number of nitrogens with two attached hydrogens (primary N) is 1. The molecule has 1 aromatic heterocycles. The van der Waals surface area contributed by atoms with Gasteiger partial charge in [0.05, 0.1) is 18.0 Å². The Morgan fingerprint density at radius 2 is 2.03 bits per heavy atom. The first-order valence-electron chi connectivity index (χ1n) is 11.1. The summed E-state index contributed by atoms with van der Waals surface area (Å²) in [5.41, 5.74) is 7.53. The van der Waals surface area contributed by atoms with Gasteiger partial charge >= 0.3 is 0 Å². The summed E-state index contributed by atoms with van der Waals surface area (Å²) in [7, 11) is 0. The van der Waals surface area contributed by atoms with Crippen LogP contribution in [0, 0.1) is 17.2 Å². The standard InChI is InChI=1S/C23H29N7O2S/c1-33-28-19-5-3-2-4-17(19)14-29-12-9-23(8-11-24,10-13-29)30-15-18(20(25)31)21(27-30)26-22(32)16-6-7-16/h2-5,15-16,28H,6-10,12-14H2,1H3,(H2,25,31)(H,26,27,32). The fraction of sp³-hybridized carbons (Fsp3) is 0.478. The fourth-order valence-corrected chi connectivity index (χ4v) is 4.74. The van der Waals surface area contributed by atoms with Gasteiger partial charge in [0.1, 0.15) is 5.56 Å². The van der Waals surface area contributed by atoms with E-state index in [1.165, 1.54) is 5.56 Å². The van der Waals surface area contributed by atoms with Crippen molar-refractivity contribution in [3.05, 3.63) is 41.6 Å². The van der Waals surface area contributed by atoms with E-state index in [1.807, 2.05) is 18.4 Å². The molecule has 1 aliphatic heterocycles. The summed E-state index contributed by atoms with van der Waals surface area (Å²) in [5, 5.41) is 16.9. The number of nitrogens with zero attached hydrogens (tertiary/aromatic N) is 4. The van der Waals surface area contributed by atoms with Crippen molar-refractivity contribution >= 4 is 35.3 Å². The molecule has 33 heavy (non-hydrogen) atoms. The lowest BCUT2D eigenvalue weighted by Gasteiger charge is -2.41. The Morgan fingerprint density at radius 1 is 1.30 bits per heavy atom. The molecule has 9 nitrogen and oxygen atoms in total. The van der Waals surface area contributed by atoms with Crippen molar-refractivity contribution in [2.24, 2.45) is 11.7 Å². The van der Waals surface area contributed by atoms with Crippen LogP contribution in [0.2, 0.25) is 0 Å². The molecule has 4 rings (SSSR count). The second kappa shape index (κ2) is 9.85. The van der Waals surface area contributed by atoms with Crippen LogP contribution < -0.4 is 15.8 Å². The third-order valence-electron chi connectivity index (χ3n) is 6.47. The zero-order valence-corrected chi connectivity index (χ0v) is 19.5. The van der Waals surface area contributed by atoms with Crippen LogP contribution in [0.4, 0.5) is 11.5 Å². The average Bonchev–Trinajstić information content (AvgIpc) is 3.57. The van der Waals surface area contributed by atoms with Crippen LogP contribution in [0.3, 0.4) is 0 Å². The predicted molar refractivity (Wildman–Crippen MR) is 128 cm³/mol. The van der Waals surface area contributed by atoms with Gasteiger partial charge in [0.25, 0.3) is 5.91 Å². The first kappa shape index (κ1) is 23.1. The van der Waals surface area contributed by atoms with Crippen molar-refractivity contribution in [2.45, 2.75) is 44.2 Å². The summed E-state index contributed by atoms with van der Waals surface area (Å²) < 4.78 is 5.02. The van der Waals surface area contributed by atoms with Crippen molar-refractivity contribution < 1.29 is 9.59 Å². The summed E-state index contributed by atoms with van der Waals surface area (Å²) >= 11 is 1.57. The van der Waals surface area contributed by atoms with Crippen LogP contribution in [-0.4, -0.2) is 45.8 Å². The van der Waals surface area contributed by atoms with Gasteiger partial charge in [-0.15, -0.1) is 0 Å². The zero-order chi connectivity index (χ0) is 23.4. The predicted octanol–water partition coefficient (Wildman–Crippen LogP) is 2.93. The number of nitrogens with one attached hydrogen (secondary N) is 2. The van der Waals surface area contributed by atoms with E-state index in [-0.39, 0.29) is 29.6 Å². The molecule has 174 valence electrons. The molecule has 0 radical (unpaired) electrons. The number of carbonyl (C=O) groups is 2. The Hall–Kier alpha value is -3.03. The molecule has 1 saturated carbocycles. The van der Waals surface area contributed by atoms with Gasteiger partial charge in [-0.25, -0.2) is 0 Å². The van der Waals surface area contributed by atoms with Crippen LogP contribution in [-0.2, 0) is 16.9 Å². The average molecular weight is 468 g/mol. The van der Waals surface area contributed by atoms with Gasteiger partial charge in [0.2, 0.25) is 5.91 Å². The third-order valence-corrected chi connectivity index (χ3v) is 6.90. The quantitative estimate of drug-likeness (QED) is 0.484. The summed E-state index contributed by atoms with van der Waals surface area (Å²) in [6, 6.07) is 10.5. The summed E-state index contributed by atoms with van der Waals surface area (Å²) in [4.78, 5) is 26.6. The molecule has 2 fully saturated rings. The van der Waals surface area contributed by atoms with Crippen LogP contribution in [0.5, 0.6) is 0 Å². The fourth-order valence-electron chi connectivity index (χ4n) is 4.32. The molecule has 2 amide bonds. The molecular formula is C23H29N7O2S. The van der Waals surface area contributed by atoms with Crippen LogP contribution >= 0.6 is 11.9 Å². The van der Waals surface area contributed by atoms with E-state index in [0.717, 1.165) is 38.2 Å². The number of piperidine rings is 1. The Bertz CT molecular complexity index is 1070. The minimum absolute atomic E-state index is 0.0179. The van der Waals surface area contributed by atoms with E-state index in [0.29, 0.717) is 12.8 Å². The van der Waals surface area contributed by atoms with Crippen LogP contribution in [0.25, 0.3) is 0 Å². The van der Waals surface area contributed by atoms with Crippen LogP contribution in [0.1, 0.15) is 48.0 Å². The first-order chi connectivity index (χ1) is 16.0. The Labute approximate surface area is 197 Å². The smallest absolute Gasteiger partial charge is 0.254 e. The number of primary amides is 1. The topological polar surface area (TPSA) is 129 Å². The van der Waals surface area contributed by atoms with Crippen LogP contribution in [0.15, 0.2) is 30.5 Å². The second-order valence-corrected chi connectivity index (χ2v) is 9.37. The monoisotopic (exact) mass is 467 g/mol.